The number of ether oxygens (including phenoxy) is 2. The molecule has 0 aliphatic heterocycles. The van der Waals surface area contributed by atoms with Gasteiger partial charge in [-0.3, -0.25) is 0 Å². The van der Waals surface area contributed by atoms with Gasteiger partial charge in [0, 0.05) is 10.0 Å². The summed E-state index contributed by atoms with van der Waals surface area (Å²) in [6.07, 6.45) is 0. The zero-order chi connectivity index (χ0) is 14.7. The van der Waals surface area contributed by atoms with Gasteiger partial charge < -0.3 is 15.2 Å². The SMILES string of the molecule is COc1ccc(Br)c(C(N)c2cc(F)ccc2OC)c1. The van der Waals surface area contributed by atoms with Crippen molar-refractivity contribution in [3.05, 3.63) is 57.8 Å². The molecule has 0 bridgehead atoms. The van der Waals surface area contributed by atoms with Crippen LogP contribution in [0.25, 0.3) is 0 Å². The molecule has 20 heavy (non-hydrogen) atoms. The molecular formula is C15H15BrFNO2. The second-order valence-electron chi connectivity index (χ2n) is 4.25. The molecule has 3 nitrogen and oxygen atoms in total. The largest absolute Gasteiger partial charge is 0.497 e. The third-order valence-corrected chi connectivity index (χ3v) is 3.79. The summed E-state index contributed by atoms with van der Waals surface area (Å²) >= 11 is 3.45. The van der Waals surface area contributed by atoms with Crippen LogP contribution in [0, 0.1) is 5.82 Å². The highest BCUT2D eigenvalue weighted by Crippen LogP contribution is 2.34. The van der Waals surface area contributed by atoms with Gasteiger partial charge in [-0.2, -0.15) is 0 Å². The van der Waals surface area contributed by atoms with E-state index in [4.69, 9.17) is 15.2 Å². The number of hydrogen-bond acceptors (Lipinski definition) is 3. The molecule has 0 saturated heterocycles. The first kappa shape index (κ1) is 14.8. The van der Waals surface area contributed by atoms with E-state index in [2.05, 4.69) is 15.9 Å². The van der Waals surface area contributed by atoms with Crippen molar-refractivity contribution >= 4 is 15.9 Å². The second-order valence-corrected chi connectivity index (χ2v) is 5.11. The molecule has 5 heteroatoms. The van der Waals surface area contributed by atoms with Crippen molar-refractivity contribution in [3.63, 3.8) is 0 Å². The van der Waals surface area contributed by atoms with E-state index >= 15 is 0 Å². The van der Waals surface area contributed by atoms with Crippen LogP contribution < -0.4 is 15.2 Å². The molecule has 2 rings (SSSR count). The van der Waals surface area contributed by atoms with Crippen LogP contribution in [0.15, 0.2) is 40.9 Å². The Hall–Kier alpha value is -1.59. The molecule has 0 aliphatic carbocycles. The summed E-state index contributed by atoms with van der Waals surface area (Å²) in [5.41, 5.74) is 7.64. The molecule has 0 heterocycles. The average Bonchev–Trinajstić information content (AvgIpc) is 2.47. The smallest absolute Gasteiger partial charge is 0.124 e. The van der Waals surface area contributed by atoms with Crippen LogP contribution in [0.2, 0.25) is 0 Å². The molecule has 0 fully saturated rings. The van der Waals surface area contributed by atoms with Crippen LogP contribution in [-0.2, 0) is 0 Å². The highest BCUT2D eigenvalue weighted by Gasteiger charge is 2.18. The first-order valence-electron chi connectivity index (χ1n) is 5.99. The zero-order valence-electron chi connectivity index (χ0n) is 11.2. The van der Waals surface area contributed by atoms with Crippen molar-refractivity contribution in [1.29, 1.82) is 0 Å². The molecule has 2 N–H and O–H groups in total. The van der Waals surface area contributed by atoms with Crippen molar-refractivity contribution in [2.24, 2.45) is 5.73 Å². The summed E-state index contributed by atoms with van der Waals surface area (Å²) < 4.78 is 24.7. The van der Waals surface area contributed by atoms with Gasteiger partial charge in [-0.05, 0) is 42.0 Å². The predicted octanol–water partition coefficient (Wildman–Crippen LogP) is 3.65. The Balaban J connectivity index is 2.50. The molecule has 0 aromatic heterocycles. The number of hydrogen-bond donors (Lipinski definition) is 1. The van der Waals surface area contributed by atoms with E-state index in [1.54, 1.807) is 13.2 Å². The fourth-order valence-electron chi connectivity index (χ4n) is 2.00. The van der Waals surface area contributed by atoms with Crippen molar-refractivity contribution in [2.45, 2.75) is 6.04 Å². The number of halogens is 2. The molecular weight excluding hydrogens is 325 g/mol. The molecule has 1 atom stereocenters. The van der Waals surface area contributed by atoms with Gasteiger partial charge in [-0.1, -0.05) is 15.9 Å². The highest BCUT2D eigenvalue weighted by atomic mass is 79.9. The fourth-order valence-corrected chi connectivity index (χ4v) is 2.50. The van der Waals surface area contributed by atoms with Gasteiger partial charge in [0.1, 0.15) is 17.3 Å². The summed E-state index contributed by atoms with van der Waals surface area (Å²) in [7, 11) is 3.12. The lowest BCUT2D eigenvalue weighted by Gasteiger charge is -2.18. The van der Waals surface area contributed by atoms with E-state index in [-0.39, 0.29) is 5.82 Å². The summed E-state index contributed by atoms with van der Waals surface area (Å²) in [6, 6.07) is 9.26. The highest BCUT2D eigenvalue weighted by molar-refractivity contribution is 9.10. The topological polar surface area (TPSA) is 44.5 Å². The summed E-state index contributed by atoms with van der Waals surface area (Å²) in [5, 5.41) is 0. The van der Waals surface area contributed by atoms with Gasteiger partial charge >= 0.3 is 0 Å². The molecule has 0 amide bonds. The molecule has 0 aliphatic rings. The number of benzene rings is 2. The Bertz CT molecular complexity index is 619. The molecule has 0 radical (unpaired) electrons. The van der Waals surface area contributed by atoms with Crippen LogP contribution in [0.1, 0.15) is 17.2 Å². The first-order chi connectivity index (χ1) is 9.56. The molecule has 0 saturated carbocycles. The van der Waals surface area contributed by atoms with Crippen molar-refractivity contribution in [3.8, 4) is 11.5 Å². The van der Waals surface area contributed by atoms with E-state index in [0.29, 0.717) is 17.1 Å². The summed E-state index contributed by atoms with van der Waals surface area (Å²) in [5.74, 6) is 0.887. The number of methoxy groups -OCH3 is 2. The molecule has 1 unspecified atom stereocenters. The van der Waals surface area contributed by atoms with Gasteiger partial charge in [-0.25, -0.2) is 4.39 Å². The Labute approximate surface area is 125 Å². The molecule has 2 aromatic rings. The van der Waals surface area contributed by atoms with Crippen LogP contribution in [0.3, 0.4) is 0 Å². The lowest BCUT2D eigenvalue weighted by Crippen LogP contribution is -2.14. The first-order valence-corrected chi connectivity index (χ1v) is 6.78. The quantitative estimate of drug-likeness (QED) is 0.924. The van der Waals surface area contributed by atoms with E-state index in [9.17, 15) is 4.39 Å². The molecule has 2 aromatic carbocycles. The van der Waals surface area contributed by atoms with E-state index < -0.39 is 6.04 Å². The third kappa shape index (κ3) is 2.94. The van der Waals surface area contributed by atoms with Crippen LogP contribution in [0.5, 0.6) is 11.5 Å². The fraction of sp³-hybridized carbons (Fsp3) is 0.200. The maximum absolute atomic E-state index is 13.5. The van der Waals surface area contributed by atoms with Crippen LogP contribution in [-0.4, -0.2) is 14.2 Å². The Morgan fingerprint density at radius 2 is 1.80 bits per heavy atom. The number of rotatable bonds is 4. The lowest BCUT2D eigenvalue weighted by molar-refractivity contribution is 0.405. The van der Waals surface area contributed by atoms with Gasteiger partial charge in [-0.15, -0.1) is 0 Å². The zero-order valence-corrected chi connectivity index (χ0v) is 12.8. The van der Waals surface area contributed by atoms with Crippen molar-refractivity contribution < 1.29 is 13.9 Å². The normalized spacial score (nSPS) is 12.1. The maximum atomic E-state index is 13.5. The van der Waals surface area contributed by atoms with Gasteiger partial charge in [0.2, 0.25) is 0 Å². The van der Waals surface area contributed by atoms with Crippen LogP contribution in [0.4, 0.5) is 4.39 Å². The average molecular weight is 340 g/mol. The third-order valence-electron chi connectivity index (χ3n) is 3.07. The van der Waals surface area contributed by atoms with Gasteiger partial charge in [0.15, 0.2) is 0 Å². The molecule has 106 valence electrons. The molecule has 0 spiro atoms. The lowest BCUT2D eigenvalue weighted by atomic mass is 9.98. The standard InChI is InChI=1S/C15H15BrFNO2/c1-19-10-4-5-13(16)11(8-10)15(18)12-7-9(17)3-6-14(12)20-2/h3-8,15H,18H2,1-2H3. The Kier molecular flexibility index (Phi) is 4.62. The van der Waals surface area contributed by atoms with E-state index in [1.807, 2.05) is 18.2 Å². The number of nitrogens with two attached hydrogens (primary N) is 1. The second kappa shape index (κ2) is 6.24. The van der Waals surface area contributed by atoms with Gasteiger partial charge in [0.25, 0.3) is 0 Å². The van der Waals surface area contributed by atoms with Crippen molar-refractivity contribution in [1.82, 2.24) is 0 Å². The van der Waals surface area contributed by atoms with E-state index in [1.165, 1.54) is 19.2 Å². The van der Waals surface area contributed by atoms with Crippen molar-refractivity contribution in [2.75, 3.05) is 14.2 Å². The Morgan fingerprint density at radius 3 is 2.45 bits per heavy atom. The summed E-state index contributed by atoms with van der Waals surface area (Å²) in [6.45, 7) is 0. The van der Waals surface area contributed by atoms with Gasteiger partial charge in [0.05, 0.1) is 20.3 Å². The van der Waals surface area contributed by atoms with E-state index in [0.717, 1.165) is 10.0 Å². The summed E-state index contributed by atoms with van der Waals surface area (Å²) in [4.78, 5) is 0. The predicted molar refractivity (Wildman–Crippen MR) is 79.7 cm³/mol. The van der Waals surface area contributed by atoms with Crippen LogP contribution >= 0.6 is 15.9 Å². The minimum Gasteiger partial charge on any atom is -0.497 e. The Morgan fingerprint density at radius 1 is 1.05 bits per heavy atom. The maximum Gasteiger partial charge on any atom is 0.124 e. The monoisotopic (exact) mass is 339 g/mol. The minimum absolute atomic E-state index is 0.352. The minimum atomic E-state index is -0.523.